The molecule has 0 spiro atoms. The van der Waals surface area contributed by atoms with Crippen LogP contribution in [-0.4, -0.2) is 53.5 Å². The van der Waals surface area contributed by atoms with Gasteiger partial charge in [-0.2, -0.15) is 0 Å². The minimum Gasteiger partial charge on any atom is -0.496 e. The lowest BCUT2D eigenvalue weighted by Crippen LogP contribution is -2.44. The molecule has 2 aromatic rings. The van der Waals surface area contributed by atoms with Crippen molar-refractivity contribution in [3.05, 3.63) is 47.5 Å². The van der Waals surface area contributed by atoms with E-state index in [-0.39, 0.29) is 6.04 Å². The minimum absolute atomic E-state index is 0.0722. The molecule has 1 atom stereocenters. The van der Waals surface area contributed by atoms with E-state index < -0.39 is 11.6 Å². The topological polar surface area (TPSA) is 67.4 Å². The van der Waals surface area contributed by atoms with Gasteiger partial charge in [-0.3, -0.25) is 4.99 Å². The Hall–Kier alpha value is -3.23. The van der Waals surface area contributed by atoms with Crippen LogP contribution in [0.25, 0.3) is 0 Å². The summed E-state index contributed by atoms with van der Waals surface area (Å²) in [5.74, 6) is 1.34. The maximum absolute atomic E-state index is 14.1. The molecular weight excluding hydrogens is 406 g/mol. The molecule has 168 valence electrons. The van der Waals surface area contributed by atoms with Crippen LogP contribution in [0.3, 0.4) is 0 Å². The third-order valence-electron chi connectivity index (χ3n) is 5.24. The lowest BCUT2D eigenvalue weighted by molar-refractivity contribution is 0.347. The monoisotopic (exact) mass is 434 g/mol. The summed E-state index contributed by atoms with van der Waals surface area (Å²) in [5, 5.41) is 6.63. The molecule has 0 saturated carbocycles. The summed E-state index contributed by atoms with van der Waals surface area (Å²) >= 11 is 0. The molecule has 0 bridgehead atoms. The number of nitrogens with zero attached hydrogens (tertiary/aromatic N) is 2. The normalized spacial score (nSPS) is 16.3. The number of nitrogens with one attached hydrogen (secondary N) is 2. The van der Waals surface area contributed by atoms with E-state index >= 15 is 0 Å². The van der Waals surface area contributed by atoms with Gasteiger partial charge in [0.2, 0.25) is 0 Å². The fourth-order valence-corrected chi connectivity index (χ4v) is 3.63. The highest BCUT2D eigenvalue weighted by Crippen LogP contribution is 2.34. The van der Waals surface area contributed by atoms with Gasteiger partial charge in [0, 0.05) is 50.4 Å². The Kier molecular flexibility index (Phi) is 7.38. The zero-order valence-corrected chi connectivity index (χ0v) is 18.2. The molecule has 1 saturated heterocycles. The second-order valence-electron chi connectivity index (χ2n) is 7.12. The van der Waals surface area contributed by atoms with Gasteiger partial charge < -0.3 is 29.7 Å². The van der Waals surface area contributed by atoms with E-state index in [1.54, 1.807) is 34.4 Å². The molecule has 1 aliphatic rings. The highest BCUT2D eigenvalue weighted by Gasteiger charge is 2.25. The van der Waals surface area contributed by atoms with Crippen LogP contribution in [-0.2, 0) is 6.54 Å². The summed E-state index contributed by atoms with van der Waals surface area (Å²) in [5.41, 5.74) is 1.29. The molecule has 0 amide bonds. The molecule has 3 rings (SSSR count). The van der Waals surface area contributed by atoms with Gasteiger partial charge in [-0.25, -0.2) is 8.78 Å². The van der Waals surface area contributed by atoms with Gasteiger partial charge in [-0.15, -0.1) is 0 Å². The Morgan fingerprint density at radius 1 is 1.06 bits per heavy atom. The van der Waals surface area contributed by atoms with Gasteiger partial charge in [0.25, 0.3) is 0 Å². The summed E-state index contributed by atoms with van der Waals surface area (Å²) in [6.45, 7) is 1.70. The van der Waals surface area contributed by atoms with Gasteiger partial charge in [0.15, 0.2) is 17.5 Å². The third-order valence-corrected chi connectivity index (χ3v) is 5.24. The smallest absolute Gasteiger partial charge is 0.191 e. The number of hydrogen-bond donors (Lipinski definition) is 2. The first-order valence-electron chi connectivity index (χ1n) is 9.95. The molecule has 1 unspecified atom stereocenters. The first kappa shape index (κ1) is 22.5. The van der Waals surface area contributed by atoms with Crippen molar-refractivity contribution in [3.63, 3.8) is 0 Å². The molecule has 1 heterocycles. The lowest BCUT2D eigenvalue weighted by Gasteiger charge is -2.21. The second kappa shape index (κ2) is 10.2. The largest absolute Gasteiger partial charge is 0.496 e. The summed E-state index contributed by atoms with van der Waals surface area (Å²) in [6, 6.07) is 7.36. The van der Waals surface area contributed by atoms with Crippen LogP contribution in [0.2, 0.25) is 0 Å². The first-order valence-corrected chi connectivity index (χ1v) is 9.95. The van der Waals surface area contributed by atoms with Crippen LogP contribution in [0.15, 0.2) is 35.3 Å². The summed E-state index contributed by atoms with van der Waals surface area (Å²) in [7, 11) is 6.44. The van der Waals surface area contributed by atoms with Gasteiger partial charge in [-0.05, 0) is 24.6 Å². The Bertz CT molecular complexity index is 939. The predicted molar refractivity (Wildman–Crippen MR) is 116 cm³/mol. The fraction of sp³-hybridized carbons (Fsp3) is 0.409. The van der Waals surface area contributed by atoms with Gasteiger partial charge in [-0.1, -0.05) is 0 Å². The fourth-order valence-electron chi connectivity index (χ4n) is 3.63. The molecule has 31 heavy (non-hydrogen) atoms. The Morgan fingerprint density at radius 3 is 2.42 bits per heavy atom. The van der Waals surface area contributed by atoms with Crippen molar-refractivity contribution in [2.75, 3.05) is 46.4 Å². The lowest BCUT2D eigenvalue weighted by atomic mass is 10.1. The van der Waals surface area contributed by atoms with Gasteiger partial charge in [0.1, 0.15) is 17.4 Å². The quantitative estimate of drug-likeness (QED) is 0.516. The van der Waals surface area contributed by atoms with E-state index in [1.165, 1.54) is 12.1 Å². The highest BCUT2D eigenvalue weighted by molar-refractivity contribution is 5.80. The first-order chi connectivity index (χ1) is 15.0. The van der Waals surface area contributed by atoms with Crippen molar-refractivity contribution >= 4 is 11.6 Å². The van der Waals surface area contributed by atoms with Crippen molar-refractivity contribution in [1.82, 2.24) is 10.6 Å². The molecule has 2 aromatic carbocycles. The van der Waals surface area contributed by atoms with Crippen molar-refractivity contribution in [1.29, 1.82) is 0 Å². The van der Waals surface area contributed by atoms with E-state index in [0.29, 0.717) is 48.5 Å². The van der Waals surface area contributed by atoms with Crippen molar-refractivity contribution in [2.45, 2.75) is 19.0 Å². The van der Waals surface area contributed by atoms with E-state index in [4.69, 9.17) is 14.2 Å². The van der Waals surface area contributed by atoms with Gasteiger partial charge in [0.05, 0.1) is 27.0 Å². The number of benzene rings is 2. The Labute approximate surface area is 181 Å². The molecule has 7 nitrogen and oxygen atoms in total. The number of ether oxygens (including phenoxy) is 3. The number of aliphatic imine (C=N–C) groups is 1. The number of halogens is 2. The molecule has 2 N–H and O–H groups in total. The number of rotatable bonds is 7. The predicted octanol–water partition coefficient (Wildman–Crippen LogP) is 2.93. The van der Waals surface area contributed by atoms with E-state index in [0.717, 1.165) is 18.1 Å². The second-order valence-corrected chi connectivity index (χ2v) is 7.12. The molecule has 0 aromatic heterocycles. The highest BCUT2D eigenvalue weighted by atomic mass is 19.1. The number of methoxy groups -OCH3 is 3. The van der Waals surface area contributed by atoms with E-state index in [2.05, 4.69) is 15.6 Å². The molecule has 9 heteroatoms. The van der Waals surface area contributed by atoms with Crippen LogP contribution < -0.4 is 29.7 Å². The maximum atomic E-state index is 14.1. The summed E-state index contributed by atoms with van der Waals surface area (Å²) in [4.78, 5) is 6.18. The summed E-state index contributed by atoms with van der Waals surface area (Å²) in [6.07, 6.45) is 0.803. The van der Waals surface area contributed by atoms with Crippen LogP contribution >= 0.6 is 0 Å². The van der Waals surface area contributed by atoms with Crippen LogP contribution in [0.1, 0.15) is 12.0 Å². The van der Waals surface area contributed by atoms with Crippen LogP contribution in [0.4, 0.5) is 14.5 Å². The van der Waals surface area contributed by atoms with Crippen LogP contribution in [0, 0.1) is 11.6 Å². The van der Waals surface area contributed by atoms with Crippen molar-refractivity contribution in [2.24, 2.45) is 4.99 Å². The SMILES string of the molecule is CN=C(NCc1cc(OC)c(OC)cc1OC)NC1CCN(c2ccc(F)cc2F)C1. The number of hydrogen-bond acceptors (Lipinski definition) is 5. The zero-order valence-electron chi connectivity index (χ0n) is 18.2. The van der Waals surface area contributed by atoms with Crippen molar-refractivity contribution < 1.29 is 23.0 Å². The van der Waals surface area contributed by atoms with Crippen molar-refractivity contribution in [3.8, 4) is 17.2 Å². The standard InChI is InChI=1S/C22H28F2N4O3/c1-25-22(26-12-14-9-20(30-3)21(31-4)11-19(14)29-2)27-16-7-8-28(13-16)18-6-5-15(23)10-17(18)24/h5-6,9-11,16H,7-8,12-13H2,1-4H3,(H2,25,26,27). The maximum Gasteiger partial charge on any atom is 0.191 e. The van der Waals surface area contributed by atoms with Gasteiger partial charge >= 0.3 is 0 Å². The third kappa shape index (κ3) is 5.28. The molecule has 1 aliphatic heterocycles. The van der Waals surface area contributed by atoms with E-state index in [9.17, 15) is 8.78 Å². The number of anilines is 1. The Balaban J connectivity index is 1.62. The minimum atomic E-state index is -0.578. The molecule has 0 aliphatic carbocycles. The van der Waals surface area contributed by atoms with Crippen LogP contribution in [0.5, 0.6) is 17.2 Å². The zero-order chi connectivity index (χ0) is 22.4. The Morgan fingerprint density at radius 2 is 1.77 bits per heavy atom. The summed E-state index contributed by atoms with van der Waals surface area (Å²) < 4.78 is 43.4. The number of guanidine groups is 1. The molecule has 1 fully saturated rings. The van der Waals surface area contributed by atoms with E-state index in [1.807, 2.05) is 11.0 Å². The average Bonchev–Trinajstić information content (AvgIpc) is 3.23. The molecule has 0 radical (unpaired) electrons. The average molecular weight is 434 g/mol. The molecular formula is C22H28F2N4O3.